The van der Waals surface area contributed by atoms with E-state index < -0.39 is 5.60 Å². The van der Waals surface area contributed by atoms with Crippen molar-refractivity contribution in [3.05, 3.63) is 23.3 Å². The molecule has 2 rings (SSSR count). The van der Waals surface area contributed by atoms with E-state index in [0.717, 1.165) is 16.9 Å². The first kappa shape index (κ1) is 12.2. The fourth-order valence-electron chi connectivity index (χ4n) is 2.18. The largest absolute Gasteiger partial charge is 0.454 e. The second-order valence-corrected chi connectivity index (χ2v) is 4.62. The van der Waals surface area contributed by atoms with Crippen molar-refractivity contribution in [1.82, 2.24) is 0 Å². The summed E-state index contributed by atoms with van der Waals surface area (Å²) in [6, 6.07) is 3.71. The predicted octanol–water partition coefficient (Wildman–Crippen LogP) is 1.70. The van der Waals surface area contributed by atoms with Gasteiger partial charge in [0.25, 0.3) is 0 Å². The molecule has 4 heteroatoms. The van der Waals surface area contributed by atoms with E-state index in [1.54, 1.807) is 6.92 Å². The molecule has 0 spiro atoms. The molecule has 1 atom stereocenters. The van der Waals surface area contributed by atoms with Crippen LogP contribution in [0.15, 0.2) is 12.1 Å². The summed E-state index contributed by atoms with van der Waals surface area (Å²) >= 11 is 0. The maximum Gasteiger partial charge on any atom is 0.231 e. The van der Waals surface area contributed by atoms with Gasteiger partial charge < -0.3 is 19.7 Å². The lowest BCUT2D eigenvalue weighted by molar-refractivity contribution is 0.0395. The van der Waals surface area contributed by atoms with Crippen molar-refractivity contribution in [3.8, 4) is 11.5 Å². The van der Waals surface area contributed by atoms with Crippen LogP contribution in [0.3, 0.4) is 0 Å². The summed E-state index contributed by atoms with van der Waals surface area (Å²) in [7, 11) is 0. The van der Waals surface area contributed by atoms with E-state index >= 15 is 0 Å². The number of aliphatic hydroxyl groups excluding tert-OH is 1. The molecule has 1 aliphatic rings. The molecular formula is C13H18O4. The molecule has 0 aromatic heterocycles. The number of hydrogen-bond donors (Lipinski definition) is 2. The Balaban J connectivity index is 2.31. The lowest BCUT2D eigenvalue weighted by Crippen LogP contribution is -2.22. The zero-order valence-corrected chi connectivity index (χ0v) is 10.2. The number of fused-ring (bicyclic) bond motifs is 1. The summed E-state index contributed by atoms with van der Waals surface area (Å²) < 4.78 is 10.6. The molecule has 1 aromatic rings. The quantitative estimate of drug-likeness (QED) is 0.838. The average molecular weight is 238 g/mol. The minimum atomic E-state index is -0.951. The number of hydrogen-bond acceptors (Lipinski definition) is 4. The number of benzene rings is 1. The van der Waals surface area contributed by atoms with Crippen LogP contribution in [0.2, 0.25) is 0 Å². The van der Waals surface area contributed by atoms with Gasteiger partial charge in [0.1, 0.15) is 0 Å². The van der Waals surface area contributed by atoms with Crippen molar-refractivity contribution in [1.29, 1.82) is 0 Å². The molecular weight excluding hydrogens is 220 g/mol. The van der Waals surface area contributed by atoms with Crippen LogP contribution in [0.4, 0.5) is 0 Å². The van der Waals surface area contributed by atoms with Gasteiger partial charge in [-0.2, -0.15) is 0 Å². The van der Waals surface area contributed by atoms with Gasteiger partial charge in [-0.05, 0) is 49.9 Å². The minimum absolute atomic E-state index is 0.0831. The van der Waals surface area contributed by atoms with Crippen LogP contribution in [-0.2, 0) is 5.60 Å². The summed E-state index contributed by atoms with van der Waals surface area (Å²) in [5.41, 5.74) is 0.848. The first-order chi connectivity index (χ1) is 8.04. The van der Waals surface area contributed by atoms with Crippen molar-refractivity contribution >= 4 is 0 Å². The topological polar surface area (TPSA) is 58.9 Å². The highest BCUT2D eigenvalue weighted by Crippen LogP contribution is 2.39. The van der Waals surface area contributed by atoms with Crippen LogP contribution in [0, 0.1) is 6.92 Å². The van der Waals surface area contributed by atoms with Crippen LogP contribution < -0.4 is 9.47 Å². The Morgan fingerprint density at radius 3 is 2.59 bits per heavy atom. The molecule has 0 fully saturated rings. The van der Waals surface area contributed by atoms with E-state index in [1.165, 1.54) is 0 Å². The molecule has 17 heavy (non-hydrogen) atoms. The first-order valence-corrected chi connectivity index (χ1v) is 5.78. The van der Waals surface area contributed by atoms with E-state index in [9.17, 15) is 5.11 Å². The van der Waals surface area contributed by atoms with Crippen LogP contribution in [0.5, 0.6) is 11.5 Å². The zero-order chi connectivity index (χ0) is 12.5. The van der Waals surface area contributed by atoms with Gasteiger partial charge in [0, 0.05) is 6.61 Å². The lowest BCUT2D eigenvalue weighted by Gasteiger charge is -2.25. The molecule has 0 bridgehead atoms. The fraction of sp³-hybridized carbons (Fsp3) is 0.538. The molecule has 0 saturated carbocycles. The van der Waals surface area contributed by atoms with Gasteiger partial charge in [-0.3, -0.25) is 0 Å². The van der Waals surface area contributed by atoms with E-state index in [0.29, 0.717) is 18.6 Å². The summed E-state index contributed by atoms with van der Waals surface area (Å²) in [4.78, 5) is 0. The smallest absolute Gasteiger partial charge is 0.231 e. The monoisotopic (exact) mass is 238 g/mol. The van der Waals surface area contributed by atoms with Gasteiger partial charge >= 0.3 is 0 Å². The normalized spacial score (nSPS) is 16.9. The molecule has 0 aliphatic carbocycles. The van der Waals surface area contributed by atoms with Crippen LogP contribution in [0.25, 0.3) is 0 Å². The molecule has 0 amide bonds. The predicted molar refractivity (Wildman–Crippen MR) is 63.2 cm³/mol. The van der Waals surface area contributed by atoms with Crippen molar-refractivity contribution in [2.24, 2.45) is 0 Å². The van der Waals surface area contributed by atoms with E-state index in [2.05, 4.69) is 0 Å². The van der Waals surface area contributed by atoms with Gasteiger partial charge in [0.15, 0.2) is 11.5 Å². The highest BCUT2D eigenvalue weighted by molar-refractivity contribution is 5.49. The standard InChI is InChI=1S/C13H18O4/c1-9-6-11-12(17-8-16-11)7-10(9)13(2,15)4-3-5-14/h6-7,14-15H,3-5,8H2,1-2H3. The number of aliphatic hydroxyl groups is 2. The summed E-state index contributed by atoms with van der Waals surface area (Å²) in [6.45, 7) is 4.01. The van der Waals surface area contributed by atoms with Crippen LogP contribution in [-0.4, -0.2) is 23.6 Å². The zero-order valence-electron chi connectivity index (χ0n) is 10.2. The maximum absolute atomic E-state index is 10.4. The highest BCUT2D eigenvalue weighted by atomic mass is 16.7. The van der Waals surface area contributed by atoms with Crippen molar-refractivity contribution in [2.75, 3.05) is 13.4 Å². The van der Waals surface area contributed by atoms with Crippen LogP contribution >= 0.6 is 0 Å². The van der Waals surface area contributed by atoms with Crippen molar-refractivity contribution in [2.45, 2.75) is 32.3 Å². The van der Waals surface area contributed by atoms with Gasteiger partial charge in [0.05, 0.1) is 5.60 Å². The molecule has 1 aliphatic heterocycles. The molecule has 4 nitrogen and oxygen atoms in total. The minimum Gasteiger partial charge on any atom is -0.454 e. The third-order valence-electron chi connectivity index (χ3n) is 3.12. The second kappa shape index (κ2) is 4.55. The van der Waals surface area contributed by atoms with E-state index in [1.807, 2.05) is 19.1 Å². The lowest BCUT2D eigenvalue weighted by atomic mass is 9.88. The van der Waals surface area contributed by atoms with Gasteiger partial charge in [-0.1, -0.05) is 0 Å². The number of ether oxygens (including phenoxy) is 2. The third-order valence-corrected chi connectivity index (χ3v) is 3.12. The highest BCUT2D eigenvalue weighted by Gasteiger charge is 2.27. The Hall–Kier alpha value is -1.26. The summed E-state index contributed by atoms with van der Waals surface area (Å²) in [5.74, 6) is 1.40. The average Bonchev–Trinajstić information content (AvgIpc) is 2.72. The van der Waals surface area contributed by atoms with E-state index in [4.69, 9.17) is 14.6 Å². The Bertz CT molecular complexity index is 412. The van der Waals surface area contributed by atoms with Crippen molar-refractivity contribution in [3.63, 3.8) is 0 Å². The number of rotatable bonds is 4. The number of aryl methyl sites for hydroxylation is 1. The first-order valence-electron chi connectivity index (χ1n) is 5.78. The molecule has 0 saturated heterocycles. The Morgan fingerprint density at radius 1 is 1.29 bits per heavy atom. The van der Waals surface area contributed by atoms with E-state index in [-0.39, 0.29) is 13.4 Å². The maximum atomic E-state index is 10.4. The molecule has 94 valence electrons. The van der Waals surface area contributed by atoms with Crippen molar-refractivity contribution < 1.29 is 19.7 Å². The van der Waals surface area contributed by atoms with Gasteiger partial charge in [0.2, 0.25) is 6.79 Å². The third kappa shape index (κ3) is 2.37. The Kier molecular flexibility index (Phi) is 3.26. The SMILES string of the molecule is Cc1cc2c(cc1C(C)(O)CCCO)OCO2. The molecule has 1 unspecified atom stereocenters. The van der Waals surface area contributed by atoms with Crippen LogP contribution in [0.1, 0.15) is 30.9 Å². The summed E-state index contributed by atoms with van der Waals surface area (Å²) in [6.07, 6.45) is 1.09. The summed E-state index contributed by atoms with van der Waals surface area (Å²) in [5, 5.41) is 19.3. The molecule has 0 radical (unpaired) electrons. The molecule has 1 aromatic carbocycles. The van der Waals surface area contributed by atoms with Gasteiger partial charge in [-0.25, -0.2) is 0 Å². The fourth-order valence-corrected chi connectivity index (χ4v) is 2.18. The van der Waals surface area contributed by atoms with Gasteiger partial charge in [-0.15, -0.1) is 0 Å². The second-order valence-electron chi connectivity index (χ2n) is 4.62. The Morgan fingerprint density at radius 2 is 1.94 bits per heavy atom. The molecule has 1 heterocycles. The Labute approximate surface area is 101 Å². The molecule has 2 N–H and O–H groups in total.